The number of para-hydroxylation sites is 2. The molecule has 0 saturated heterocycles. The van der Waals surface area contributed by atoms with Crippen LogP contribution in [0.1, 0.15) is 30.1 Å². The molecule has 1 aliphatic rings. The molecule has 6 heteroatoms. The molecule has 31 heavy (non-hydrogen) atoms. The van der Waals surface area contributed by atoms with Crippen molar-refractivity contribution in [2.45, 2.75) is 18.9 Å². The van der Waals surface area contributed by atoms with Gasteiger partial charge in [0.25, 0.3) is 0 Å². The minimum absolute atomic E-state index is 0.0772. The molecule has 2 amide bonds. The van der Waals surface area contributed by atoms with Crippen molar-refractivity contribution in [2.75, 3.05) is 25.1 Å². The molecule has 1 aromatic heterocycles. The van der Waals surface area contributed by atoms with Gasteiger partial charge in [-0.3, -0.25) is 14.6 Å². The highest BCUT2D eigenvalue weighted by Crippen LogP contribution is 2.32. The van der Waals surface area contributed by atoms with Gasteiger partial charge in [-0.25, -0.2) is 0 Å². The monoisotopic (exact) mass is 415 g/mol. The maximum absolute atomic E-state index is 13.1. The zero-order chi connectivity index (χ0) is 21.6. The number of fused-ring (bicyclic) bond motifs is 1. The summed E-state index contributed by atoms with van der Waals surface area (Å²) in [5, 5.41) is 0. The number of ether oxygens (including phenoxy) is 1. The van der Waals surface area contributed by atoms with Crippen molar-refractivity contribution in [1.29, 1.82) is 0 Å². The summed E-state index contributed by atoms with van der Waals surface area (Å²) >= 11 is 0. The molecule has 3 aromatic rings. The molecule has 2 aromatic carbocycles. The van der Waals surface area contributed by atoms with E-state index < -0.39 is 0 Å². The Morgan fingerprint density at radius 3 is 2.52 bits per heavy atom. The number of hydrogen-bond acceptors (Lipinski definition) is 4. The van der Waals surface area contributed by atoms with E-state index in [-0.39, 0.29) is 30.7 Å². The second kappa shape index (κ2) is 9.43. The number of rotatable bonds is 6. The Balaban J connectivity index is 1.47. The van der Waals surface area contributed by atoms with Crippen molar-refractivity contribution in [2.24, 2.45) is 0 Å². The molecule has 0 aliphatic carbocycles. The van der Waals surface area contributed by atoms with Crippen molar-refractivity contribution < 1.29 is 14.3 Å². The van der Waals surface area contributed by atoms with Crippen LogP contribution in [0.5, 0.6) is 5.75 Å². The first-order chi connectivity index (χ1) is 15.1. The summed E-state index contributed by atoms with van der Waals surface area (Å²) < 4.78 is 5.62. The lowest BCUT2D eigenvalue weighted by Gasteiger charge is -2.30. The van der Waals surface area contributed by atoms with E-state index in [9.17, 15) is 9.59 Å². The second-order valence-corrected chi connectivity index (χ2v) is 7.43. The largest absolute Gasteiger partial charge is 0.490 e. The lowest BCUT2D eigenvalue weighted by molar-refractivity contribution is -0.133. The molecule has 0 N–H and O–H groups in total. The van der Waals surface area contributed by atoms with Gasteiger partial charge in [0.05, 0.1) is 24.0 Å². The molecule has 1 unspecified atom stereocenters. The van der Waals surface area contributed by atoms with Gasteiger partial charge in [0.2, 0.25) is 11.8 Å². The zero-order valence-electron chi connectivity index (χ0n) is 17.5. The van der Waals surface area contributed by atoms with E-state index in [0.717, 1.165) is 16.9 Å². The Hall–Kier alpha value is -3.67. The van der Waals surface area contributed by atoms with E-state index >= 15 is 0 Å². The Morgan fingerprint density at radius 2 is 1.74 bits per heavy atom. The fourth-order valence-electron chi connectivity index (χ4n) is 3.86. The summed E-state index contributed by atoms with van der Waals surface area (Å²) in [7, 11) is 1.77. The molecule has 0 spiro atoms. The number of amides is 2. The Bertz CT molecular complexity index is 1000. The van der Waals surface area contributed by atoms with Gasteiger partial charge >= 0.3 is 0 Å². The molecule has 2 heterocycles. The summed E-state index contributed by atoms with van der Waals surface area (Å²) in [5.74, 6) is 0.519. The average Bonchev–Trinajstić information content (AvgIpc) is 2.83. The number of pyridine rings is 1. The van der Waals surface area contributed by atoms with Gasteiger partial charge in [-0.2, -0.15) is 0 Å². The quantitative estimate of drug-likeness (QED) is 0.614. The molecule has 6 nitrogen and oxygen atoms in total. The molecule has 4 rings (SSSR count). The van der Waals surface area contributed by atoms with Crippen LogP contribution in [0.2, 0.25) is 0 Å². The topological polar surface area (TPSA) is 62.7 Å². The SMILES string of the molecule is CN(C(=O)CCC(=O)N1CCOc2ccccc21)C(c1ccccc1)c1ccccn1. The van der Waals surface area contributed by atoms with Crippen LogP contribution in [-0.4, -0.2) is 41.9 Å². The van der Waals surface area contributed by atoms with Gasteiger partial charge in [0.15, 0.2) is 0 Å². The molecule has 1 atom stereocenters. The maximum Gasteiger partial charge on any atom is 0.227 e. The minimum Gasteiger partial charge on any atom is -0.490 e. The summed E-state index contributed by atoms with van der Waals surface area (Å²) in [6, 6.07) is 22.7. The third-order valence-corrected chi connectivity index (χ3v) is 5.45. The summed E-state index contributed by atoms with van der Waals surface area (Å²) in [6.45, 7) is 0.937. The van der Waals surface area contributed by atoms with E-state index in [1.807, 2.05) is 72.8 Å². The first kappa shape index (κ1) is 20.6. The van der Waals surface area contributed by atoms with Crippen LogP contribution in [0.3, 0.4) is 0 Å². The van der Waals surface area contributed by atoms with Crippen molar-refractivity contribution in [3.05, 3.63) is 90.3 Å². The van der Waals surface area contributed by atoms with Crippen molar-refractivity contribution in [3.8, 4) is 5.75 Å². The predicted molar refractivity (Wildman–Crippen MR) is 119 cm³/mol. The van der Waals surface area contributed by atoms with Gasteiger partial charge in [-0.15, -0.1) is 0 Å². The van der Waals surface area contributed by atoms with E-state index in [0.29, 0.717) is 18.9 Å². The van der Waals surface area contributed by atoms with Crippen LogP contribution in [0.15, 0.2) is 79.0 Å². The lowest BCUT2D eigenvalue weighted by atomic mass is 10.0. The molecule has 0 radical (unpaired) electrons. The highest BCUT2D eigenvalue weighted by molar-refractivity contribution is 5.97. The van der Waals surface area contributed by atoms with Crippen LogP contribution < -0.4 is 9.64 Å². The van der Waals surface area contributed by atoms with E-state index in [1.54, 1.807) is 23.0 Å². The summed E-state index contributed by atoms with van der Waals surface area (Å²) in [5.41, 5.74) is 2.53. The number of hydrogen-bond donors (Lipinski definition) is 0. The predicted octanol–water partition coefficient (Wildman–Crippen LogP) is 3.84. The molecule has 0 bridgehead atoms. The fraction of sp³-hybridized carbons (Fsp3) is 0.240. The third kappa shape index (κ3) is 4.58. The molecule has 158 valence electrons. The number of carbonyl (C=O) groups excluding carboxylic acids is 2. The zero-order valence-corrected chi connectivity index (χ0v) is 17.5. The lowest BCUT2D eigenvalue weighted by Crippen LogP contribution is -2.39. The Kier molecular flexibility index (Phi) is 6.26. The molecule has 1 aliphatic heterocycles. The Morgan fingerprint density at radius 1 is 1.00 bits per heavy atom. The van der Waals surface area contributed by atoms with Crippen molar-refractivity contribution in [1.82, 2.24) is 9.88 Å². The van der Waals surface area contributed by atoms with Gasteiger partial charge in [-0.05, 0) is 29.8 Å². The van der Waals surface area contributed by atoms with Gasteiger partial charge < -0.3 is 14.5 Å². The summed E-state index contributed by atoms with van der Waals surface area (Å²) in [6.07, 6.45) is 2.00. The normalized spacial score (nSPS) is 13.6. The van der Waals surface area contributed by atoms with Crippen LogP contribution in [0.4, 0.5) is 5.69 Å². The standard InChI is InChI=1S/C25H25N3O3/c1-27(25(19-9-3-2-4-10-19)20-11-7-8-16-26-20)23(29)14-15-24(30)28-17-18-31-22-13-6-5-12-21(22)28/h2-13,16,25H,14-15,17-18H2,1H3. The minimum atomic E-state index is -0.311. The van der Waals surface area contributed by atoms with Crippen molar-refractivity contribution in [3.63, 3.8) is 0 Å². The van der Waals surface area contributed by atoms with E-state index in [2.05, 4.69) is 4.98 Å². The number of benzene rings is 2. The molecule has 0 saturated carbocycles. The first-order valence-corrected chi connectivity index (χ1v) is 10.4. The molecular weight excluding hydrogens is 390 g/mol. The van der Waals surface area contributed by atoms with E-state index in [1.165, 1.54) is 0 Å². The van der Waals surface area contributed by atoms with Crippen LogP contribution >= 0.6 is 0 Å². The first-order valence-electron chi connectivity index (χ1n) is 10.4. The van der Waals surface area contributed by atoms with E-state index in [4.69, 9.17) is 4.74 Å². The van der Waals surface area contributed by atoms with Crippen LogP contribution in [0, 0.1) is 0 Å². The molecule has 0 fully saturated rings. The second-order valence-electron chi connectivity index (χ2n) is 7.43. The maximum atomic E-state index is 13.1. The number of aromatic nitrogens is 1. The van der Waals surface area contributed by atoms with Gasteiger partial charge in [-0.1, -0.05) is 48.5 Å². The Labute approximate surface area is 182 Å². The van der Waals surface area contributed by atoms with Crippen LogP contribution in [0.25, 0.3) is 0 Å². The third-order valence-electron chi connectivity index (χ3n) is 5.45. The van der Waals surface area contributed by atoms with Crippen molar-refractivity contribution >= 4 is 17.5 Å². The summed E-state index contributed by atoms with van der Waals surface area (Å²) in [4.78, 5) is 33.8. The number of nitrogens with zero attached hydrogens (tertiary/aromatic N) is 3. The smallest absolute Gasteiger partial charge is 0.227 e. The fourth-order valence-corrected chi connectivity index (χ4v) is 3.86. The highest BCUT2D eigenvalue weighted by atomic mass is 16.5. The number of carbonyl (C=O) groups is 2. The van der Waals surface area contributed by atoms with Gasteiger partial charge in [0.1, 0.15) is 12.4 Å². The van der Waals surface area contributed by atoms with Crippen LogP contribution in [-0.2, 0) is 9.59 Å². The molecular formula is C25H25N3O3. The average molecular weight is 415 g/mol. The van der Waals surface area contributed by atoms with Gasteiger partial charge in [0, 0.05) is 26.1 Å². The number of anilines is 1. The highest BCUT2D eigenvalue weighted by Gasteiger charge is 2.27.